The van der Waals surface area contributed by atoms with E-state index in [1.54, 1.807) is 11.8 Å². The smallest absolute Gasteiger partial charge is 0.146 e. The third kappa shape index (κ3) is 8.10. The van der Waals surface area contributed by atoms with E-state index in [1.165, 1.54) is 0 Å². The van der Waals surface area contributed by atoms with Crippen molar-refractivity contribution >= 4 is 17.5 Å². The highest BCUT2D eigenvalue weighted by Crippen LogP contribution is 2.11. The lowest BCUT2D eigenvalue weighted by Gasteiger charge is -2.04. The zero-order valence-electron chi connectivity index (χ0n) is 8.93. The number of carbonyl (C=O) groups is 1. The van der Waals surface area contributed by atoms with Crippen molar-refractivity contribution in [2.45, 2.75) is 33.6 Å². The second kappa shape index (κ2) is 7.19. The Morgan fingerprint density at radius 1 is 1.46 bits per heavy atom. The number of allylic oxidation sites excluding steroid dienone is 1. The van der Waals surface area contributed by atoms with E-state index >= 15 is 0 Å². The van der Waals surface area contributed by atoms with Gasteiger partial charge in [-0.1, -0.05) is 32.9 Å². The minimum Gasteiger partial charge on any atom is -0.298 e. The van der Waals surface area contributed by atoms with Crippen LogP contribution < -0.4 is 0 Å². The summed E-state index contributed by atoms with van der Waals surface area (Å²) in [5, 5.41) is 0. The second-order valence-corrected chi connectivity index (χ2v) is 4.76. The maximum absolute atomic E-state index is 11.3. The Morgan fingerprint density at radius 2 is 2.08 bits per heavy atom. The van der Waals surface area contributed by atoms with Gasteiger partial charge in [0.05, 0.1) is 5.75 Å². The molecule has 13 heavy (non-hydrogen) atoms. The number of hydrogen-bond acceptors (Lipinski definition) is 2. The predicted octanol–water partition coefficient (Wildman–Crippen LogP) is 3.30. The van der Waals surface area contributed by atoms with Gasteiger partial charge in [-0.3, -0.25) is 4.79 Å². The maximum atomic E-state index is 11.3. The van der Waals surface area contributed by atoms with Crippen LogP contribution in [0.25, 0.3) is 0 Å². The molecule has 0 aliphatic rings. The average Bonchev–Trinajstić information content (AvgIpc) is 2.03. The van der Waals surface area contributed by atoms with Crippen LogP contribution in [0.3, 0.4) is 0 Å². The second-order valence-electron chi connectivity index (χ2n) is 3.73. The van der Waals surface area contributed by atoms with Gasteiger partial charge < -0.3 is 0 Å². The third-order valence-corrected chi connectivity index (χ3v) is 3.09. The quantitative estimate of drug-likeness (QED) is 0.587. The fraction of sp³-hybridized carbons (Fsp3) is 0.727. The molecule has 0 amide bonds. The fourth-order valence-corrected chi connectivity index (χ4v) is 1.78. The van der Waals surface area contributed by atoms with Crippen molar-refractivity contribution in [2.24, 2.45) is 5.92 Å². The van der Waals surface area contributed by atoms with Crippen molar-refractivity contribution in [3.8, 4) is 0 Å². The summed E-state index contributed by atoms with van der Waals surface area (Å²) in [5.41, 5.74) is 1.05. The molecule has 0 aromatic rings. The lowest BCUT2D eigenvalue weighted by Crippen LogP contribution is -2.04. The van der Waals surface area contributed by atoms with Gasteiger partial charge >= 0.3 is 0 Å². The van der Waals surface area contributed by atoms with Gasteiger partial charge in [-0.15, -0.1) is 0 Å². The van der Waals surface area contributed by atoms with Gasteiger partial charge in [0.2, 0.25) is 0 Å². The van der Waals surface area contributed by atoms with E-state index in [4.69, 9.17) is 0 Å². The van der Waals surface area contributed by atoms with Crippen LogP contribution in [0.15, 0.2) is 12.2 Å². The summed E-state index contributed by atoms with van der Waals surface area (Å²) in [4.78, 5) is 11.3. The molecule has 0 atom stereocenters. The van der Waals surface area contributed by atoms with E-state index in [0.717, 1.165) is 17.7 Å². The zero-order chi connectivity index (χ0) is 10.3. The molecule has 0 radical (unpaired) electrons. The molecule has 0 fully saturated rings. The van der Waals surface area contributed by atoms with Crippen molar-refractivity contribution in [3.63, 3.8) is 0 Å². The van der Waals surface area contributed by atoms with Crippen LogP contribution in [0.5, 0.6) is 0 Å². The van der Waals surface area contributed by atoms with Crippen molar-refractivity contribution in [2.75, 3.05) is 11.5 Å². The molecule has 0 aliphatic heterocycles. The van der Waals surface area contributed by atoms with E-state index in [9.17, 15) is 4.79 Å². The van der Waals surface area contributed by atoms with Gasteiger partial charge in [-0.25, -0.2) is 0 Å². The van der Waals surface area contributed by atoms with Gasteiger partial charge in [-0.05, 0) is 18.1 Å². The monoisotopic (exact) mass is 200 g/mol. The highest BCUT2D eigenvalue weighted by molar-refractivity contribution is 7.99. The lowest BCUT2D eigenvalue weighted by atomic mass is 10.1. The Labute approximate surface area is 86.0 Å². The molecule has 0 aliphatic carbocycles. The first-order chi connectivity index (χ1) is 6.06. The largest absolute Gasteiger partial charge is 0.298 e. The molecule has 1 nitrogen and oxygen atoms in total. The van der Waals surface area contributed by atoms with Crippen LogP contribution in [0.1, 0.15) is 33.6 Å². The molecular weight excluding hydrogens is 180 g/mol. The van der Waals surface area contributed by atoms with E-state index in [-0.39, 0.29) is 0 Å². The summed E-state index contributed by atoms with van der Waals surface area (Å²) in [6.07, 6.45) is 1.49. The van der Waals surface area contributed by atoms with Crippen molar-refractivity contribution in [3.05, 3.63) is 12.2 Å². The number of ketones is 1. The van der Waals surface area contributed by atoms with Crippen molar-refractivity contribution in [1.29, 1.82) is 0 Å². The van der Waals surface area contributed by atoms with Crippen LogP contribution in [0.4, 0.5) is 0 Å². The van der Waals surface area contributed by atoms with Crippen molar-refractivity contribution in [1.82, 2.24) is 0 Å². The van der Waals surface area contributed by atoms with Crippen LogP contribution in [0.2, 0.25) is 0 Å². The van der Waals surface area contributed by atoms with Crippen LogP contribution >= 0.6 is 11.8 Å². The first-order valence-electron chi connectivity index (χ1n) is 4.82. The number of thioether (sulfide) groups is 1. The van der Waals surface area contributed by atoms with Gasteiger partial charge in [-0.2, -0.15) is 11.8 Å². The zero-order valence-corrected chi connectivity index (χ0v) is 9.75. The van der Waals surface area contributed by atoms with Crippen LogP contribution in [0, 0.1) is 5.92 Å². The normalized spacial score (nSPS) is 10.5. The number of Topliss-reactive ketones (excluding diaryl/α,β-unsaturated/α-hetero) is 1. The molecule has 0 aromatic heterocycles. The Kier molecular flexibility index (Phi) is 7.06. The standard InChI is InChI=1S/C11H20OS/c1-5-10(4)6-11(12)8-13-7-9(2)3/h9H,4-8H2,1-3H3. The number of carbonyl (C=O) groups excluding carboxylic acids is 1. The minimum absolute atomic E-state index is 0.317. The molecule has 0 heterocycles. The SMILES string of the molecule is C=C(CC)CC(=O)CSCC(C)C. The van der Waals surface area contributed by atoms with E-state index in [2.05, 4.69) is 20.4 Å². The summed E-state index contributed by atoms with van der Waals surface area (Å²) in [5.74, 6) is 2.71. The first kappa shape index (κ1) is 12.8. The van der Waals surface area contributed by atoms with Gasteiger partial charge in [0.15, 0.2) is 0 Å². The number of rotatable bonds is 7. The third-order valence-electron chi connectivity index (χ3n) is 1.66. The first-order valence-corrected chi connectivity index (χ1v) is 5.97. The Morgan fingerprint density at radius 3 is 2.54 bits per heavy atom. The van der Waals surface area contributed by atoms with E-state index in [0.29, 0.717) is 23.9 Å². The average molecular weight is 200 g/mol. The molecule has 0 unspecified atom stereocenters. The van der Waals surface area contributed by atoms with Gasteiger partial charge in [0.1, 0.15) is 5.78 Å². The summed E-state index contributed by atoms with van der Waals surface area (Å²) < 4.78 is 0. The molecule has 76 valence electrons. The Balaban J connectivity index is 3.46. The molecule has 0 rings (SSSR count). The van der Waals surface area contributed by atoms with Crippen molar-refractivity contribution < 1.29 is 4.79 Å². The summed E-state index contributed by atoms with van der Waals surface area (Å²) >= 11 is 1.73. The summed E-state index contributed by atoms with van der Waals surface area (Å²) in [6, 6.07) is 0. The molecule has 0 bridgehead atoms. The van der Waals surface area contributed by atoms with Gasteiger partial charge in [0.25, 0.3) is 0 Å². The molecule has 0 spiro atoms. The molecule has 2 heteroatoms. The van der Waals surface area contributed by atoms with Crippen LogP contribution in [-0.2, 0) is 4.79 Å². The highest BCUT2D eigenvalue weighted by Gasteiger charge is 2.04. The molecule has 0 aromatic carbocycles. The topological polar surface area (TPSA) is 17.1 Å². The predicted molar refractivity (Wildman–Crippen MR) is 61.2 cm³/mol. The van der Waals surface area contributed by atoms with E-state index in [1.807, 2.05) is 6.92 Å². The van der Waals surface area contributed by atoms with E-state index < -0.39 is 0 Å². The fourth-order valence-electron chi connectivity index (χ4n) is 0.863. The Bertz CT molecular complexity index is 173. The maximum Gasteiger partial charge on any atom is 0.146 e. The minimum atomic E-state index is 0.317. The molecule has 0 saturated carbocycles. The van der Waals surface area contributed by atoms with Gasteiger partial charge in [0, 0.05) is 6.42 Å². The molecule has 0 N–H and O–H groups in total. The molecule has 0 saturated heterocycles. The Hall–Kier alpha value is -0.240. The summed E-state index contributed by atoms with van der Waals surface area (Å²) in [7, 11) is 0. The summed E-state index contributed by atoms with van der Waals surface area (Å²) in [6.45, 7) is 10.2. The highest BCUT2D eigenvalue weighted by atomic mass is 32.2. The lowest BCUT2D eigenvalue weighted by molar-refractivity contribution is -0.116. The molecular formula is C11H20OS. The number of hydrogen-bond donors (Lipinski definition) is 0. The van der Waals surface area contributed by atoms with Crippen LogP contribution in [-0.4, -0.2) is 17.3 Å².